The minimum Gasteiger partial charge on any atom is -0.360 e. The lowest BCUT2D eigenvalue weighted by molar-refractivity contribution is 0.0709. The van der Waals surface area contributed by atoms with Gasteiger partial charge in [0.25, 0.3) is 5.91 Å². The van der Waals surface area contributed by atoms with Gasteiger partial charge in [-0.2, -0.15) is 0 Å². The summed E-state index contributed by atoms with van der Waals surface area (Å²) in [6.07, 6.45) is 2.91. The number of hydrogen-bond donors (Lipinski definition) is 2. The maximum Gasteiger partial charge on any atom is 0.270 e. The van der Waals surface area contributed by atoms with Gasteiger partial charge in [-0.05, 0) is 61.6 Å². The van der Waals surface area contributed by atoms with Crippen LogP contribution in [0.2, 0.25) is 0 Å². The summed E-state index contributed by atoms with van der Waals surface area (Å²) in [7, 11) is 0. The number of nitrogens with one attached hydrogen (secondary N) is 2. The number of aromatic amines is 1. The minimum absolute atomic E-state index is 0.114. The molecule has 0 spiro atoms. The third-order valence-electron chi connectivity index (χ3n) is 6.42. The van der Waals surface area contributed by atoms with Crippen molar-refractivity contribution in [1.82, 2.24) is 9.88 Å². The molecule has 0 atom stereocenters. The first-order chi connectivity index (χ1) is 14.2. The molecule has 0 aliphatic carbocycles. The molecule has 1 radical (unpaired) electrons. The van der Waals surface area contributed by atoms with Gasteiger partial charge in [0.05, 0.1) is 11.4 Å². The van der Waals surface area contributed by atoms with E-state index in [1.54, 1.807) is 0 Å². The zero-order valence-corrected chi connectivity index (χ0v) is 17.0. The van der Waals surface area contributed by atoms with Crippen LogP contribution in [0.1, 0.15) is 41.4 Å². The average molecular weight is 388 g/mol. The summed E-state index contributed by atoms with van der Waals surface area (Å²) < 4.78 is 0. The second-order valence-corrected chi connectivity index (χ2v) is 8.08. The molecular weight excluding hydrogens is 360 g/mol. The van der Waals surface area contributed by atoms with Crippen LogP contribution < -0.4 is 10.2 Å². The van der Waals surface area contributed by atoms with Gasteiger partial charge in [-0.3, -0.25) is 4.79 Å². The van der Waals surface area contributed by atoms with Crippen LogP contribution in [0.15, 0.2) is 42.5 Å². The van der Waals surface area contributed by atoms with Crippen LogP contribution in [-0.4, -0.2) is 34.9 Å². The van der Waals surface area contributed by atoms with E-state index < -0.39 is 0 Å². The number of hydrogen-bond acceptors (Lipinski definition) is 3. The molecule has 1 aromatic heterocycles. The first kappa shape index (κ1) is 18.1. The molecule has 2 aliphatic rings. The highest BCUT2D eigenvalue weighted by molar-refractivity contribution is 5.99. The van der Waals surface area contributed by atoms with Gasteiger partial charge < -0.3 is 20.1 Å². The zero-order chi connectivity index (χ0) is 20.0. The van der Waals surface area contributed by atoms with Crippen LogP contribution in [0.5, 0.6) is 0 Å². The van der Waals surface area contributed by atoms with Gasteiger partial charge in [0, 0.05) is 30.0 Å². The Balaban J connectivity index is 1.30. The number of likely N-dealkylation sites (tertiary alicyclic amines) is 1. The standard InChI is InChI=1S/C24H27N4O/c1-3-18-16(2)8-9-20-19(18)14-22(26-20)24(29)27-12-10-17(11-13-27)28-15-25-21-6-4-5-7-23(21)28/h4-9,14-15,17,25-26H,3,10-13H2,1-2H3. The quantitative estimate of drug-likeness (QED) is 0.685. The first-order valence-corrected chi connectivity index (χ1v) is 10.5. The van der Waals surface area contributed by atoms with E-state index >= 15 is 0 Å². The molecule has 1 amide bonds. The SMILES string of the molecule is CCc1c(C)ccc2[nH]c(C(=O)N3CCC(N4[CH]Nc5ccccc54)CC3)cc12. The topological polar surface area (TPSA) is 51.4 Å². The molecule has 0 bridgehead atoms. The second-order valence-electron chi connectivity index (χ2n) is 8.08. The average Bonchev–Trinajstić information content (AvgIpc) is 3.38. The third kappa shape index (κ3) is 3.05. The summed E-state index contributed by atoms with van der Waals surface area (Å²) in [4.78, 5) is 20.8. The normalized spacial score (nSPS) is 16.9. The van der Waals surface area contributed by atoms with Crippen molar-refractivity contribution >= 4 is 28.2 Å². The van der Waals surface area contributed by atoms with Crippen molar-refractivity contribution in [3.05, 3.63) is 66.0 Å². The number of rotatable bonds is 3. The molecule has 0 saturated carbocycles. The maximum atomic E-state index is 13.1. The highest BCUT2D eigenvalue weighted by atomic mass is 16.2. The first-order valence-electron chi connectivity index (χ1n) is 10.5. The van der Waals surface area contributed by atoms with Gasteiger partial charge in [-0.15, -0.1) is 0 Å². The lowest BCUT2D eigenvalue weighted by Crippen LogP contribution is -2.45. The fourth-order valence-electron chi connectivity index (χ4n) is 4.81. The Morgan fingerprint density at radius 2 is 1.93 bits per heavy atom. The van der Waals surface area contributed by atoms with Crippen LogP contribution in [-0.2, 0) is 6.42 Å². The number of fused-ring (bicyclic) bond motifs is 2. The fourth-order valence-corrected chi connectivity index (χ4v) is 4.81. The molecule has 3 heterocycles. The predicted octanol–water partition coefficient (Wildman–Crippen LogP) is 4.69. The number of benzene rings is 2. The van der Waals surface area contributed by atoms with Crippen LogP contribution >= 0.6 is 0 Å². The van der Waals surface area contributed by atoms with Crippen molar-refractivity contribution in [3.8, 4) is 0 Å². The Hall–Kier alpha value is -2.95. The lowest BCUT2D eigenvalue weighted by atomic mass is 10.0. The highest BCUT2D eigenvalue weighted by Crippen LogP contribution is 2.36. The Kier molecular flexibility index (Phi) is 4.46. The molecule has 29 heavy (non-hydrogen) atoms. The molecule has 1 fully saturated rings. The smallest absolute Gasteiger partial charge is 0.270 e. The number of carbonyl (C=O) groups excluding carboxylic acids is 1. The monoisotopic (exact) mass is 387 g/mol. The summed E-state index contributed by atoms with van der Waals surface area (Å²) in [5.41, 5.74) is 6.77. The van der Waals surface area contributed by atoms with E-state index in [4.69, 9.17) is 0 Å². The van der Waals surface area contributed by atoms with Crippen molar-refractivity contribution in [2.75, 3.05) is 23.3 Å². The largest absolute Gasteiger partial charge is 0.360 e. The molecule has 2 aliphatic heterocycles. The van der Waals surface area contributed by atoms with Crippen LogP contribution in [0.4, 0.5) is 11.4 Å². The summed E-state index contributed by atoms with van der Waals surface area (Å²) in [5, 5.41) is 4.53. The van der Waals surface area contributed by atoms with Gasteiger partial charge in [-0.25, -0.2) is 0 Å². The van der Waals surface area contributed by atoms with Crippen molar-refractivity contribution in [2.24, 2.45) is 0 Å². The van der Waals surface area contributed by atoms with E-state index in [1.807, 2.05) is 11.0 Å². The number of piperidine rings is 1. The molecule has 5 nitrogen and oxygen atoms in total. The van der Waals surface area contributed by atoms with Crippen molar-refractivity contribution in [1.29, 1.82) is 0 Å². The minimum atomic E-state index is 0.114. The molecule has 149 valence electrons. The van der Waals surface area contributed by atoms with Gasteiger partial charge in [0.15, 0.2) is 0 Å². The zero-order valence-electron chi connectivity index (χ0n) is 17.0. The summed E-state index contributed by atoms with van der Waals surface area (Å²) >= 11 is 0. The summed E-state index contributed by atoms with van der Waals surface area (Å²) in [6.45, 7) is 7.94. The number of amides is 1. The van der Waals surface area contributed by atoms with Crippen molar-refractivity contribution in [2.45, 2.75) is 39.2 Å². The number of H-pyrrole nitrogens is 1. The van der Waals surface area contributed by atoms with Gasteiger partial charge in [-0.1, -0.05) is 25.1 Å². The van der Waals surface area contributed by atoms with Crippen LogP contribution in [0.3, 0.4) is 0 Å². The predicted molar refractivity (Wildman–Crippen MR) is 118 cm³/mol. The molecule has 2 N–H and O–H groups in total. The maximum absolute atomic E-state index is 13.1. The van der Waals surface area contributed by atoms with Gasteiger partial charge >= 0.3 is 0 Å². The van der Waals surface area contributed by atoms with E-state index in [1.165, 1.54) is 22.2 Å². The number of carbonyl (C=O) groups is 1. The molecule has 5 heteroatoms. The van der Waals surface area contributed by atoms with E-state index in [0.29, 0.717) is 11.7 Å². The number of para-hydroxylation sites is 2. The summed E-state index contributed by atoms with van der Waals surface area (Å²) in [6, 6.07) is 15.1. The van der Waals surface area contributed by atoms with Crippen molar-refractivity contribution < 1.29 is 4.79 Å². The Labute approximate surface area is 171 Å². The fraction of sp³-hybridized carbons (Fsp3) is 0.333. The Morgan fingerprint density at radius 3 is 2.72 bits per heavy atom. The number of anilines is 2. The molecule has 0 unspecified atom stereocenters. The molecule has 1 saturated heterocycles. The third-order valence-corrected chi connectivity index (χ3v) is 6.42. The molecular formula is C24H27N4O. The second kappa shape index (κ2) is 7.14. The Morgan fingerprint density at radius 1 is 1.14 bits per heavy atom. The van der Waals surface area contributed by atoms with Crippen LogP contribution in [0, 0.1) is 13.6 Å². The number of aromatic nitrogens is 1. The summed E-state index contributed by atoms with van der Waals surface area (Å²) in [5.74, 6) is 0.114. The van der Waals surface area contributed by atoms with E-state index in [2.05, 4.69) is 72.1 Å². The molecule has 5 rings (SSSR count). The Bertz CT molecular complexity index is 1060. The van der Waals surface area contributed by atoms with Crippen molar-refractivity contribution in [3.63, 3.8) is 0 Å². The van der Waals surface area contributed by atoms with E-state index in [9.17, 15) is 4.79 Å². The lowest BCUT2D eigenvalue weighted by Gasteiger charge is -2.37. The van der Waals surface area contributed by atoms with Gasteiger partial charge in [0.1, 0.15) is 12.4 Å². The number of aryl methyl sites for hydroxylation is 2. The molecule has 3 aromatic rings. The molecule has 2 aromatic carbocycles. The highest BCUT2D eigenvalue weighted by Gasteiger charge is 2.31. The number of nitrogens with zero attached hydrogens (tertiary/aromatic N) is 2. The van der Waals surface area contributed by atoms with Crippen LogP contribution in [0.25, 0.3) is 10.9 Å². The van der Waals surface area contributed by atoms with E-state index in [0.717, 1.165) is 43.6 Å². The van der Waals surface area contributed by atoms with Gasteiger partial charge in [0.2, 0.25) is 0 Å². The van der Waals surface area contributed by atoms with E-state index in [-0.39, 0.29) is 5.91 Å².